The van der Waals surface area contributed by atoms with Crippen LogP contribution in [0, 0.1) is 11.3 Å². The Morgan fingerprint density at radius 1 is 1.11 bits per heavy atom. The van der Waals surface area contributed by atoms with Gasteiger partial charge < -0.3 is 9.80 Å². The standard InChI is InChI=1S/C14H16N4/c1-17(2)11-5-6-13-12(7-11)14(18(3)4)10(8-15)9-16-13/h5-7,9H,1-4H3. The van der Waals surface area contributed by atoms with Gasteiger partial charge in [-0.25, -0.2) is 0 Å². The lowest BCUT2D eigenvalue weighted by Gasteiger charge is -2.19. The van der Waals surface area contributed by atoms with Crippen LogP contribution >= 0.6 is 0 Å². The molecular weight excluding hydrogens is 224 g/mol. The van der Waals surface area contributed by atoms with Crippen molar-refractivity contribution in [3.05, 3.63) is 30.0 Å². The second-order valence-electron chi connectivity index (χ2n) is 4.62. The predicted molar refractivity (Wildman–Crippen MR) is 75.1 cm³/mol. The van der Waals surface area contributed by atoms with E-state index in [1.807, 2.05) is 50.1 Å². The molecule has 0 atom stereocenters. The minimum atomic E-state index is 0.600. The molecule has 0 aliphatic carbocycles. The predicted octanol–water partition coefficient (Wildman–Crippen LogP) is 2.24. The Morgan fingerprint density at radius 3 is 2.39 bits per heavy atom. The van der Waals surface area contributed by atoms with Gasteiger partial charge in [-0.15, -0.1) is 0 Å². The summed E-state index contributed by atoms with van der Waals surface area (Å²) < 4.78 is 0. The average molecular weight is 240 g/mol. The Hall–Kier alpha value is -2.28. The second-order valence-corrected chi connectivity index (χ2v) is 4.62. The molecule has 1 aromatic carbocycles. The fourth-order valence-electron chi connectivity index (χ4n) is 2.01. The summed E-state index contributed by atoms with van der Waals surface area (Å²) in [6.45, 7) is 0. The molecule has 4 nitrogen and oxygen atoms in total. The van der Waals surface area contributed by atoms with E-state index >= 15 is 0 Å². The molecule has 0 amide bonds. The first-order valence-corrected chi connectivity index (χ1v) is 5.72. The van der Waals surface area contributed by atoms with E-state index in [0.29, 0.717) is 5.56 Å². The third-order valence-electron chi connectivity index (χ3n) is 2.91. The van der Waals surface area contributed by atoms with E-state index in [-0.39, 0.29) is 0 Å². The van der Waals surface area contributed by atoms with E-state index in [4.69, 9.17) is 0 Å². The summed E-state index contributed by atoms with van der Waals surface area (Å²) in [7, 11) is 7.88. The van der Waals surface area contributed by atoms with Crippen LogP contribution in [0.5, 0.6) is 0 Å². The number of fused-ring (bicyclic) bond motifs is 1. The summed E-state index contributed by atoms with van der Waals surface area (Å²) >= 11 is 0. The van der Waals surface area contributed by atoms with Gasteiger partial charge in [0.15, 0.2) is 0 Å². The normalized spacial score (nSPS) is 10.2. The van der Waals surface area contributed by atoms with Crippen LogP contribution in [0.2, 0.25) is 0 Å². The molecule has 2 aromatic rings. The van der Waals surface area contributed by atoms with Crippen molar-refractivity contribution in [1.29, 1.82) is 5.26 Å². The Bertz CT molecular complexity index is 623. The molecule has 0 N–H and O–H groups in total. The van der Waals surface area contributed by atoms with Gasteiger partial charge in [-0.2, -0.15) is 5.26 Å². The van der Waals surface area contributed by atoms with Gasteiger partial charge in [-0.3, -0.25) is 4.98 Å². The summed E-state index contributed by atoms with van der Waals surface area (Å²) in [5, 5.41) is 10.2. The van der Waals surface area contributed by atoms with Gasteiger partial charge in [0.05, 0.1) is 16.8 Å². The first-order valence-electron chi connectivity index (χ1n) is 5.72. The largest absolute Gasteiger partial charge is 0.378 e. The van der Waals surface area contributed by atoms with Crippen LogP contribution in [0.3, 0.4) is 0 Å². The molecule has 92 valence electrons. The van der Waals surface area contributed by atoms with Gasteiger partial charge in [0, 0.05) is 45.5 Å². The van der Waals surface area contributed by atoms with Crippen molar-refractivity contribution in [1.82, 2.24) is 4.98 Å². The Labute approximate surface area is 107 Å². The molecule has 2 rings (SSSR count). The third-order valence-corrected chi connectivity index (χ3v) is 2.91. The second kappa shape index (κ2) is 4.53. The zero-order chi connectivity index (χ0) is 13.3. The van der Waals surface area contributed by atoms with Gasteiger partial charge in [0.1, 0.15) is 6.07 Å². The molecule has 0 saturated heterocycles. The third kappa shape index (κ3) is 1.95. The monoisotopic (exact) mass is 240 g/mol. The highest BCUT2D eigenvalue weighted by Crippen LogP contribution is 2.30. The van der Waals surface area contributed by atoms with Crippen molar-refractivity contribution in [2.45, 2.75) is 0 Å². The Balaban J connectivity index is 2.81. The minimum absolute atomic E-state index is 0.600. The SMILES string of the molecule is CN(C)c1ccc2ncc(C#N)c(N(C)C)c2c1. The number of aromatic nitrogens is 1. The van der Waals surface area contributed by atoms with E-state index in [1.165, 1.54) is 0 Å². The van der Waals surface area contributed by atoms with Crippen LogP contribution in [-0.2, 0) is 0 Å². The van der Waals surface area contributed by atoms with Crippen molar-refractivity contribution >= 4 is 22.3 Å². The number of hydrogen-bond acceptors (Lipinski definition) is 4. The Kier molecular flexibility index (Phi) is 3.07. The minimum Gasteiger partial charge on any atom is -0.378 e. The Morgan fingerprint density at radius 2 is 1.83 bits per heavy atom. The molecule has 0 fully saturated rings. The smallest absolute Gasteiger partial charge is 0.103 e. The van der Waals surface area contributed by atoms with Crippen molar-refractivity contribution in [2.24, 2.45) is 0 Å². The van der Waals surface area contributed by atoms with Gasteiger partial charge >= 0.3 is 0 Å². The number of pyridine rings is 1. The summed E-state index contributed by atoms with van der Waals surface area (Å²) in [4.78, 5) is 8.33. The zero-order valence-electron chi connectivity index (χ0n) is 11.1. The van der Waals surface area contributed by atoms with Gasteiger partial charge in [0.2, 0.25) is 0 Å². The fraction of sp³-hybridized carbons (Fsp3) is 0.286. The van der Waals surface area contributed by atoms with Crippen LogP contribution in [0.4, 0.5) is 11.4 Å². The van der Waals surface area contributed by atoms with E-state index < -0.39 is 0 Å². The van der Waals surface area contributed by atoms with Crippen molar-refractivity contribution < 1.29 is 0 Å². The number of hydrogen-bond donors (Lipinski definition) is 0. The van der Waals surface area contributed by atoms with E-state index in [0.717, 1.165) is 22.3 Å². The zero-order valence-corrected chi connectivity index (χ0v) is 11.1. The highest BCUT2D eigenvalue weighted by molar-refractivity contribution is 5.96. The highest BCUT2D eigenvalue weighted by Gasteiger charge is 2.11. The van der Waals surface area contributed by atoms with Gasteiger partial charge in [-0.1, -0.05) is 0 Å². The maximum absolute atomic E-state index is 9.18. The summed E-state index contributed by atoms with van der Waals surface area (Å²) in [6.07, 6.45) is 1.63. The number of benzene rings is 1. The molecule has 18 heavy (non-hydrogen) atoms. The van der Waals surface area contributed by atoms with Crippen molar-refractivity contribution in [3.8, 4) is 6.07 Å². The molecule has 0 bridgehead atoms. The van der Waals surface area contributed by atoms with Gasteiger partial charge in [-0.05, 0) is 18.2 Å². The van der Waals surface area contributed by atoms with Crippen LogP contribution in [0.15, 0.2) is 24.4 Å². The van der Waals surface area contributed by atoms with Crippen LogP contribution in [-0.4, -0.2) is 33.2 Å². The molecule has 0 aliphatic heterocycles. The molecule has 4 heteroatoms. The number of rotatable bonds is 2. The van der Waals surface area contributed by atoms with E-state index in [2.05, 4.69) is 17.1 Å². The molecule has 1 heterocycles. The first kappa shape index (κ1) is 12.2. The lowest BCUT2D eigenvalue weighted by Crippen LogP contribution is -2.12. The molecule has 0 spiro atoms. The molecule has 0 radical (unpaired) electrons. The van der Waals surface area contributed by atoms with Crippen molar-refractivity contribution in [3.63, 3.8) is 0 Å². The number of anilines is 2. The number of nitrogens with zero attached hydrogens (tertiary/aromatic N) is 4. The molecule has 0 aliphatic rings. The summed E-state index contributed by atoms with van der Waals surface area (Å²) in [5.74, 6) is 0. The number of nitriles is 1. The summed E-state index contributed by atoms with van der Waals surface area (Å²) in [5.41, 5.74) is 3.53. The lowest BCUT2D eigenvalue weighted by molar-refractivity contribution is 1.12. The quantitative estimate of drug-likeness (QED) is 0.807. The topological polar surface area (TPSA) is 43.2 Å². The lowest BCUT2D eigenvalue weighted by atomic mass is 10.1. The first-order chi connectivity index (χ1) is 8.54. The van der Waals surface area contributed by atoms with E-state index in [1.54, 1.807) is 6.20 Å². The summed E-state index contributed by atoms with van der Waals surface area (Å²) in [6, 6.07) is 8.28. The van der Waals surface area contributed by atoms with Crippen molar-refractivity contribution in [2.75, 3.05) is 38.0 Å². The maximum atomic E-state index is 9.18. The van der Waals surface area contributed by atoms with Crippen LogP contribution in [0.1, 0.15) is 5.56 Å². The molecule has 1 aromatic heterocycles. The van der Waals surface area contributed by atoms with Crippen LogP contribution in [0.25, 0.3) is 10.9 Å². The molecular formula is C14H16N4. The average Bonchev–Trinajstić information content (AvgIpc) is 2.36. The fourth-order valence-corrected chi connectivity index (χ4v) is 2.01. The van der Waals surface area contributed by atoms with E-state index in [9.17, 15) is 5.26 Å². The maximum Gasteiger partial charge on any atom is 0.103 e. The van der Waals surface area contributed by atoms with Gasteiger partial charge in [0.25, 0.3) is 0 Å². The highest BCUT2D eigenvalue weighted by atomic mass is 15.1. The van der Waals surface area contributed by atoms with Crippen LogP contribution < -0.4 is 9.80 Å². The molecule has 0 unspecified atom stereocenters. The molecule has 0 saturated carbocycles.